The van der Waals surface area contributed by atoms with Crippen LogP contribution >= 0.6 is 0 Å². The van der Waals surface area contributed by atoms with E-state index in [1.54, 1.807) is 12.5 Å². The number of aromatic nitrogens is 2. The highest BCUT2D eigenvalue weighted by Crippen LogP contribution is 2.36. The van der Waals surface area contributed by atoms with Crippen LogP contribution in [0.1, 0.15) is 49.3 Å². The summed E-state index contributed by atoms with van der Waals surface area (Å²) in [4.78, 5) is 19.3. The standard InChI is InChI=1S/C21H24N2O2/c1-13(2)20(24)17-6-5-16-10-18(8-7-15(16)9-17)21(25,14(3)4)19-11-22-12-23-19/h5-14,25H,1-4H3,(H,22,23). The molecule has 0 radical (unpaired) electrons. The minimum Gasteiger partial charge on any atom is -0.379 e. The van der Waals surface area contributed by atoms with Crippen molar-refractivity contribution in [3.05, 3.63) is 65.7 Å². The van der Waals surface area contributed by atoms with Crippen LogP contribution in [0.4, 0.5) is 0 Å². The van der Waals surface area contributed by atoms with E-state index in [1.165, 1.54) is 0 Å². The van der Waals surface area contributed by atoms with Crippen molar-refractivity contribution in [3.63, 3.8) is 0 Å². The van der Waals surface area contributed by atoms with Crippen LogP contribution in [0.5, 0.6) is 0 Å². The summed E-state index contributed by atoms with van der Waals surface area (Å²) in [5, 5.41) is 13.4. The number of imidazole rings is 1. The summed E-state index contributed by atoms with van der Waals surface area (Å²) >= 11 is 0. The van der Waals surface area contributed by atoms with E-state index in [4.69, 9.17) is 0 Å². The number of ketones is 1. The largest absolute Gasteiger partial charge is 0.379 e. The Morgan fingerprint density at radius 1 is 1.08 bits per heavy atom. The first kappa shape index (κ1) is 17.4. The minimum absolute atomic E-state index is 0.0249. The van der Waals surface area contributed by atoms with Gasteiger partial charge in [0.1, 0.15) is 5.60 Å². The molecule has 0 saturated heterocycles. The van der Waals surface area contributed by atoms with Crippen LogP contribution in [0.15, 0.2) is 48.9 Å². The van der Waals surface area contributed by atoms with Gasteiger partial charge in [0.2, 0.25) is 0 Å². The van der Waals surface area contributed by atoms with Crippen molar-refractivity contribution in [3.8, 4) is 0 Å². The zero-order valence-corrected chi connectivity index (χ0v) is 15.1. The van der Waals surface area contributed by atoms with Crippen molar-refractivity contribution < 1.29 is 9.90 Å². The van der Waals surface area contributed by atoms with Gasteiger partial charge in [0, 0.05) is 11.5 Å². The summed E-state index contributed by atoms with van der Waals surface area (Å²) < 4.78 is 0. The van der Waals surface area contributed by atoms with Crippen molar-refractivity contribution in [1.29, 1.82) is 0 Å². The van der Waals surface area contributed by atoms with Crippen LogP contribution in [-0.2, 0) is 5.60 Å². The van der Waals surface area contributed by atoms with Gasteiger partial charge in [-0.1, -0.05) is 52.0 Å². The molecule has 2 aromatic carbocycles. The second-order valence-electron chi connectivity index (χ2n) is 7.18. The SMILES string of the molecule is CC(C)C(=O)c1ccc2cc(C(O)(c3cnc[nH]3)C(C)C)ccc2c1. The molecule has 4 nitrogen and oxygen atoms in total. The summed E-state index contributed by atoms with van der Waals surface area (Å²) in [6.45, 7) is 7.77. The molecule has 0 spiro atoms. The molecule has 0 bridgehead atoms. The van der Waals surface area contributed by atoms with Crippen LogP contribution in [0.25, 0.3) is 10.8 Å². The third-order valence-electron chi connectivity index (χ3n) is 4.83. The van der Waals surface area contributed by atoms with E-state index in [-0.39, 0.29) is 17.6 Å². The molecule has 1 atom stereocenters. The number of rotatable bonds is 5. The second-order valence-corrected chi connectivity index (χ2v) is 7.18. The second kappa shape index (κ2) is 6.45. The molecule has 0 aliphatic heterocycles. The molecule has 3 aromatic rings. The quantitative estimate of drug-likeness (QED) is 0.683. The third-order valence-corrected chi connectivity index (χ3v) is 4.83. The van der Waals surface area contributed by atoms with Gasteiger partial charge in [-0.3, -0.25) is 4.79 Å². The number of Topliss-reactive ketones (excluding diaryl/α,β-unsaturated/α-hetero) is 1. The van der Waals surface area contributed by atoms with Crippen LogP contribution in [0, 0.1) is 11.8 Å². The monoisotopic (exact) mass is 336 g/mol. The van der Waals surface area contributed by atoms with Crippen molar-refractivity contribution in [2.75, 3.05) is 0 Å². The molecule has 0 aliphatic carbocycles. The zero-order chi connectivity index (χ0) is 18.2. The number of benzene rings is 2. The summed E-state index contributed by atoms with van der Waals surface area (Å²) in [6.07, 6.45) is 3.24. The lowest BCUT2D eigenvalue weighted by atomic mass is 9.80. The topological polar surface area (TPSA) is 66.0 Å². The number of carbonyl (C=O) groups is 1. The Hall–Kier alpha value is -2.46. The van der Waals surface area contributed by atoms with E-state index >= 15 is 0 Å². The highest BCUT2D eigenvalue weighted by molar-refractivity contribution is 6.01. The number of carbonyl (C=O) groups excluding carboxylic acids is 1. The molecule has 1 aromatic heterocycles. The normalized spacial score (nSPS) is 14.2. The fourth-order valence-corrected chi connectivity index (χ4v) is 3.23. The van der Waals surface area contributed by atoms with Crippen molar-refractivity contribution in [1.82, 2.24) is 9.97 Å². The Morgan fingerprint density at radius 3 is 2.36 bits per heavy atom. The highest BCUT2D eigenvalue weighted by Gasteiger charge is 2.36. The number of hydrogen-bond acceptors (Lipinski definition) is 3. The molecule has 0 amide bonds. The van der Waals surface area contributed by atoms with Crippen LogP contribution < -0.4 is 0 Å². The number of aliphatic hydroxyl groups is 1. The average Bonchev–Trinajstić information content (AvgIpc) is 3.14. The molecular formula is C21H24N2O2. The lowest BCUT2D eigenvalue weighted by Crippen LogP contribution is -2.33. The van der Waals surface area contributed by atoms with Gasteiger partial charge in [-0.15, -0.1) is 0 Å². The maximum absolute atomic E-state index is 12.2. The van der Waals surface area contributed by atoms with Crippen molar-refractivity contribution >= 4 is 16.6 Å². The average molecular weight is 336 g/mol. The van der Waals surface area contributed by atoms with Crippen LogP contribution in [0.3, 0.4) is 0 Å². The van der Waals surface area contributed by atoms with Gasteiger partial charge < -0.3 is 10.1 Å². The molecular weight excluding hydrogens is 312 g/mol. The number of nitrogens with one attached hydrogen (secondary N) is 1. The van der Waals surface area contributed by atoms with Crippen molar-refractivity contribution in [2.45, 2.75) is 33.3 Å². The Labute approximate surface area is 147 Å². The lowest BCUT2D eigenvalue weighted by molar-refractivity contribution is 0.0280. The van der Waals surface area contributed by atoms with Gasteiger partial charge in [0.15, 0.2) is 5.78 Å². The van der Waals surface area contributed by atoms with E-state index in [1.807, 2.05) is 64.1 Å². The number of aromatic amines is 1. The molecule has 3 rings (SSSR count). The summed E-state index contributed by atoms with van der Waals surface area (Å²) in [6, 6.07) is 11.6. The Balaban J connectivity index is 2.09. The summed E-state index contributed by atoms with van der Waals surface area (Å²) in [7, 11) is 0. The molecule has 1 heterocycles. The van der Waals surface area contributed by atoms with Gasteiger partial charge >= 0.3 is 0 Å². The maximum atomic E-state index is 12.2. The van der Waals surface area contributed by atoms with Crippen LogP contribution in [-0.4, -0.2) is 20.9 Å². The maximum Gasteiger partial charge on any atom is 0.165 e. The molecule has 0 aliphatic rings. The first-order chi connectivity index (χ1) is 11.8. The molecule has 0 saturated carbocycles. The molecule has 2 N–H and O–H groups in total. The van der Waals surface area contributed by atoms with E-state index in [2.05, 4.69) is 9.97 Å². The van der Waals surface area contributed by atoms with Gasteiger partial charge in [0.25, 0.3) is 0 Å². The fraction of sp³-hybridized carbons (Fsp3) is 0.333. The molecule has 25 heavy (non-hydrogen) atoms. The van der Waals surface area contributed by atoms with Gasteiger partial charge in [0.05, 0.1) is 18.2 Å². The van der Waals surface area contributed by atoms with Crippen molar-refractivity contribution in [2.24, 2.45) is 11.8 Å². The van der Waals surface area contributed by atoms with E-state index in [0.29, 0.717) is 5.69 Å². The predicted molar refractivity (Wildman–Crippen MR) is 99.5 cm³/mol. The highest BCUT2D eigenvalue weighted by atomic mass is 16.3. The minimum atomic E-state index is -1.14. The Bertz CT molecular complexity index is 897. The zero-order valence-electron chi connectivity index (χ0n) is 15.1. The third kappa shape index (κ3) is 2.98. The van der Waals surface area contributed by atoms with Gasteiger partial charge in [-0.2, -0.15) is 0 Å². The molecule has 4 heteroatoms. The smallest absolute Gasteiger partial charge is 0.165 e. The number of fused-ring (bicyclic) bond motifs is 1. The number of H-pyrrole nitrogens is 1. The van der Waals surface area contributed by atoms with Crippen LogP contribution in [0.2, 0.25) is 0 Å². The molecule has 130 valence electrons. The predicted octanol–water partition coefficient (Wildman–Crippen LogP) is 4.29. The van der Waals surface area contributed by atoms with E-state index < -0.39 is 5.60 Å². The Kier molecular flexibility index (Phi) is 4.48. The summed E-state index contributed by atoms with van der Waals surface area (Å²) in [5.41, 5.74) is 1.07. The van der Waals surface area contributed by atoms with E-state index in [9.17, 15) is 9.90 Å². The lowest BCUT2D eigenvalue weighted by Gasteiger charge is -2.32. The fourth-order valence-electron chi connectivity index (χ4n) is 3.23. The van der Waals surface area contributed by atoms with E-state index in [0.717, 1.165) is 21.9 Å². The first-order valence-corrected chi connectivity index (χ1v) is 8.63. The molecule has 0 fully saturated rings. The number of nitrogens with zero attached hydrogens (tertiary/aromatic N) is 1. The van der Waals surface area contributed by atoms with Gasteiger partial charge in [-0.05, 0) is 34.4 Å². The first-order valence-electron chi connectivity index (χ1n) is 8.63. The number of hydrogen-bond donors (Lipinski definition) is 2. The van der Waals surface area contributed by atoms with Gasteiger partial charge in [-0.25, -0.2) is 4.98 Å². The molecule has 1 unspecified atom stereocenters. The summed E-state index contributed by atoms with van der Waals surface area (Å²) in [5.74, 6) is 0.0810. The Morgan fingerprint density at radius 2 is 1.76 bits per heavy atom.